The molecular formula is C25H28O6. The maximum Gasteiger partial charge on any atom is 0.338 e. The SMILES string of the molecule is CC(C)(C)OC(=O)c1ccc(/C=C(\C(=O)O)c2ccc(C(=O)OC(C)(C)C)cc2)cc1. The average Bonchev–Trinajstić information content (AvgIpc) is 2.64. The Bertz CT molecular complexity index is 984. The van der Waals surface area contributed by atoms with Gasteiger partial charge in [-0.25, -0.2) is 14.4 Å². The number of aliphatic carboxylic acids is 1. The zero-order chi connectivity index (χ0) is 23.4. The second-order valence-corrected chi connectivity index (χ2v) is 9.07. The molecule has 0 unspecified atom stereocenters. The fourth-order valence-electron chi connectivity index (χ4n) is 2.61. The van der Waals surface area contributed by atoms with Crippen LogP contribution < -0.4 is 0 Å². The number of carbonyl (C=O) groups excluding carboxylic acids is 2. The van der Waals surface area contributed by atoms with Crippen LogP contribution in [0.4, 0.5) is 0 Å². The van der Waals surface area contributed by atoms with Crippen LogP contribution in [0.25, 0.3) is 11.6 Å². The highest BCUT2D eigenvalue weighted by molar-refractivity contribution is 6.20. The lowest BCUT2D eigenvalue weighted by Gasteiger charge is -2.19. The Hall–Kier alpha value is -3.41. The van der Waals surface area contributed by atoms with Crippen LogP contribution in [0, 0.1) is 0 Å². The lowest BCUT2D eigenvalue weighted by atomic mass is 10.0. The molecule has 6 nitrogen and oxygen atoms in total. The number of rotatable bonds is 5. The monoisotopic (exact) mass is 424 g/mol. The van der Waals surface area contributed by atoms with Gasteiger partial charge >= 0.3 is 17.9 Å². The highest BCUT2D eigenvalue weighted by atomic mass is 16.6. The Morgan fingerprint density at radius 1 is 0.677 bits per heavy atom. The molecule has 0 aliphatic rings. The van der Waals surface area contributed by atoms with Crippen LogP contribution in [0.3, 0.4) is 0 Å². The lowest BCUT2D eigenvalue weighted by Crippen LogP contribution is -2.23. The van der Waals surface area contributed by atoms with E-state index in [1.807, 2.05) is 0 Å². The molecule has 0 saturated carbocycles. The van der Waals surface area contributed by atoms with Gasteiger partial charge in [-0.15, -0.1) is 0 Å². The predicted molar refractivity (Wildman–Crippen MR) is 119 cm³/mol. The third kappa shape index (κ3) is 7.41. The maximum atomic E-state index is 12.1. The van der Waals surface area contributed by atoms with E-state index in [2.05, 4.69) is 0 Å². The molecule has 0 aromatic heterocycles. The van der Waals surface area contributed by atoms with Gasteiger partial charge in [0.2, 0.25) is 0 Å². The van der Waals surface area contributed by atoms with Crippen molar-refractivity contribution in [2.45, 2.75) is 52.7 Å². The van der Waals surface area contributed by atoms with Crippen LogP contribution in [0.1, 0.15) is 73.4 Å². The van der Waals surface area contributed by atoms with Gasteiger partial charge < -0.3 is 14.6 Å². The molecule has 164 valence electrons. The molecule has 0 atom stereocenters. The summed E-state index contributed by atoms with van der Waals surface area (Å²) >= 11 is 0. The summed E-state index contributed by atoms with van der Waals surface area (Å²) in [6.07, 6.45) is 1.50. The fraction of sp³-hybridized carbons (Fsp3) is 0.320. The maximum absolute atomic E-state index is 12.1. The van der Waals surface area contributed by atoms with Crippen LogP contribution in [-0.4, -0.2) is 34.2 Å². The molecule has 0 saturated heterocycles. The van der Waals surface area contributed by atoms with Gasteiger partial charge in [0.15, 0.2) is 0 Å². The lowest BCUT2D eigenvalue weighted by molar-refractivity contribution is -0.130. The second kappa shape index (κ2) is 9.16. The van der Waals surface area contributed by atoms with Gasteiger partial charge in [-0.3, -0.25) is 0 Å². The van der Waals surface area contributed by atoms with Crippen LogP contribution in [0.2, 0.25) is 0 Å². The number of esters is 2. The van der Waals surface area contributed by atoms with Crippen molar-refractivity contribution in [3.8, 4) is 0 Å². The molecule has 0 heterocycles. The highest BCUT2D eigenvalue weighted by Gasteiger charge is 2.19. The molecule has 0 radical (unpaired) electrons. The number of hydrogen-bond acceptors (Lipinski definition) is 5. The summed E-state index contributed by atoms with van der Waals surface area (Å²) in [5.74, 6) is -2.03. The first-order valence-electron chi connectivity index (χ1n) is 9.87. The molecule has 0 bridgehead atoms. The molecule has 2 aromatic carbocycles. The Labute approximate surface area is 182 Å². The summed E-state index contributed by atoms with van der Waals surface area (Å²) in [6, 6.07) is 12.7. The first-order valence-corrected chi connectivity index (χ1v) is 9.87. The highest BCUT2D eigenvalue weighted by Crippen LogP contribution is 2.21. The van der Waals surface area contributed by atoms with Crippen LogP contribution in [-0.2, 0) is 14.3 Å². The third-order valence-corrected chi connectivity index (χ3v) is 3.92. The average molecular weight is 424 g/mol. The quantitative estimate of drug-likeness (QED) is 0.402. The number of benzene rings is 2. The Kier molecular flexibility index (Phi) is 7.05. The standard InChI is InChI=1S/C25H28O6/c1-24(2,3)30-22(28)18-9-7-16(8-10-18)15-20(21(26)27)17-11-13-19(14-12-17)23(29)31-25(4,5)6/h7-15H,1-6H3,(H,26,27)/b20-15-. The van der Waals surface area contributed by atoms with E-state index in [1.54, 1.807) is 77.9 Å². The van der Waals surface area contributed by atoms with Crippen LogP contribution in [0.5, 0.6) is 0 Å². The summed E-state index contributed by atoms with van der Waals surface area (Å²) in [6.45, 7) is 10.7. The molecule has 0 aliphatic carbocycles. The molecule has 1 N–H and O–H groups in total. The van der Waals surface area contributed by atoms with Gasteiger partial charge in [-0.2, -0.15) is 0 Å². The van der Waals surface area contributed by atoms with Crippen molar-refractivity contribution in [3.63, 3.8) is 0 Å². The van der Waals surface area contributed by atoms with Crippen molar-refractivity contribution in [3.05, 3.63) is 70.8 Å². The largest absolute Gasteiger partial charge is 0.478 e. The Morgan fingerprint density at radius 3 is 1.39 bits per heavy atom. The number of carboxylic acids is 1. The van der Waals surface area contributed by atoms with Crippen LogP contribution >= 0.6 is 0 Å². The number of hydrogen-bond donors (Lipinski definition) is 1. The summed E-state index contributed by atoms with van der Waals surface area (Å²) in [7, 11) is 0. The van der Waals surface area contributed by atoms with E-state index in [-0.39, 0.29) is 5.57 Å². The van der Waals surface area contributed by atoms with Gasteiger partial charge in [0.25, 0.3) is 0 Å². The molecule has 2 rings (SSSR count). The van der Waals surface area contributed by atoms with E-state index < -0.39 is 29.1 Å². The van der Waals surface area contributed by atoms with E-state index in [0.29, 0.717) is 22.3 Å². The molecule has 0 spiro atoms. The number of carboxylic acid groups (broad SMARTS) is 1. The van der Waals surface area contributed by atoms with E-state index in [1.165, 1.54) is 18.2 Å². The smallest absolute Gasteiger partial charge is 0.338 e. The van der Waals surface area contributed by atoms with Crippen molar-refractivity contribution in [2.24, 2.45) is 0 Å². The minimum Gasteiger partial charge on any atom is -0.478 e. The number of ether oxygens (including phenoxy) is 2. The van der Waals surface area contributed by atoms with Gasteiger partial charge in [0.05, 0.1) is 16.7 Å². The second-order valence-electron chi connectivity index (χ2n) is 9.07. The molecule has 0 fully saturated rings. The first-order chi connectivity index (χ1) is 14.2. The summed E-state index contributed by atoms with van der Waals surface area (Å²) in [5.41, 5.74) is 0.610. The van der Waals surface area contributed by atoms with E-state index in [4.69, 9.17) is 9.47 Å². The minimum atomic E-state index is -1.11. The summed E-state index contributed by atoms with van der Waals surface area (Å²) in [4.78, 5) is 36.1. The van der Waals surface area contributed by atoms with Gasteiger partial charge in [0.1, 0.15) is 11.2 Å². The third-order valence-electron chi connectivity index (χ3n) is 3.92. The zero-order valence-electron chi connectivity index (χ0n) is 18.7. The van der Waals surface area contributed by atoms with Crippen LogP contribution in [0.15, 0.2) is 48.5 Å². The Morgan fingerprint density at radius 2 is 1.03 bits per heavy atom. The van der Waals surface area contributed by atoms with Gasteiger partial charge in [-0.1, -0.05) is 24.3 Å². The topological polar surface area (TPSA) is 89.9 Å². The zero-order valence-corrected chi connectivity index (χ0v) is 18.7. The van der Waals surface area contributed by atoms with E-state index >= 15 is 0 Å². The molecule has 0 amide bonds. The van der Waals surface area contributed by atoms with Crippen molar-refractivity contribution >= 4 is 29.6 Å². The van der Waals surface area contributed by atoms with Crippen molar-refractivity contribution in [1.29, 1.82) is 0 Å². The van der Waals surface area contributed by atoms with Crippen molar-refractivity contribution < 1.29 is 29.0 Å². The molecule has 0 aliphatic heterocycles. The van der Waals surface area contributed by atoms with E-state index in [9.17, 15) is 19.5 Å². The molecule has 31 heavy (non-hydrogen) atoms. The molecular weight excluding hydrogens is 396 g/mol. The first kappa shape index (κ1) is 23.9. The van der Waals surface area contributed by atoms with Gasteiger partial charge in [-0.05, 0) is 83.0 Å². The van der Waals surface area contributed by atoms with Crippen molar-refractivity contribution in [2.75, 3.05) is 0 Å². The normalized spacial score (nSPS) is 12.3. The molecule has 2 aromatic rings. The summed E-state index contributed by atoms with van der Waals surface area (Å²) in [5, 5.41) is 9.66. The Balaban J connectivity index is 2.25. The van der Waals surface area contributed by atoms with Crippen molar-refractivity contribution in [1.82, 2.24) is 0 Å². The fourth-order valence-corrected chi connectivity index (χ4v) is 2.61. The number of carbonyl (C=O) groups is 3. The molecule has 6 heteroatoms. The summed E-state index contributed by atoms with van der Waals surface area (Å²) < 4.78 is 10.6. The van der Waals surface area contributed by atoms with Gasteiger partial charge in [0, 0.05) is 0 Å². The van der Waals surface area contributed by atoms with E-state index in [0.717, 1.165) is 0 Å². The minimum absolute atomic E-state index is 0.0563. The predicted octanol–water partition coefficient (Wildman–Crippen LogP) is 5.22.